The molecule has 0 radical (unpaired) electrons. The molecule has 0 amide bonds. The van der Waals surface area contributed by atoms with E-state index in [2.05, 4.69) is 178 Å². The summed E-state index contributed by atoms with van der Waals surface area (Å²) in [5, 5.41) is 4.86. The Labute approximate surface area is 316 Å². The summed E-state index contributed by atoms with van der Waals surface area (Å²) in [6.07, 6.45) is 5.63. The van der Waals surface area contributed by atoms with Crippen LogP contribution in [0.4, 0.5) is 0 Å². The normalized spacial score (nSPS) is 13.4. The average molecular weight is 694 g/mol. The number of benzene rings is 7. The van der Waals surface area contributed by atoms with Gasteiger partial charge in [0.2, 0.25) is 0 Å². The molecule has 9 rings (SSSR count). The lowest BCUT2D eigenvalue weighted by molar-refractivity contribution is 0.661. The number of rotatable bonds is 7. The van der Waals surface area contributed by atoms with E-state index in [1.54, 1.807) is 6.20 Å². The molecule has 1 aliphatic rings. The average Bonchev–Trinajstić information content (AvgIpc) is 3.44. The van der Waals surface area contributed by atoms with Crippen molar-refractivity contribution in [3.63, 3.8) is 0 Å². The fraction of sp³-hybridized carbons (Fsp3) is 0.0784. The maximum atomic E-state index is 5.24. The van der Waals surface area contributed by atoms with Crippen molar-refractivity contribution in [1.29, 1.82) is 0 Å². The summed E-state index contributed by atoms with van der Waals surface area (Å²) in [5.74, 6) is 0.702. The highest BCUT2D eigenvalue weighted by Gasteiger charge is 2.36. The van der Waals surface area contributed by atoms with E-state index in [1.165, 1.54) is 49.5 Å². The van der Waals surface area contributed by atoms with E-state index in [1.807, 2.05) is 18.2 Å². The molecule has 0 fully saturated rings. The first-order chi connectivity index (χ1) is 26.4. The van der Waals surface area contributed by atoms with Crippen LogP contribution in [0.3, 0.4) is 0 Å². The topological polar surface area (TPSA) is 38.1 Å². The van der Waals surface area contributed by atoms with Gasteiger partial charge in [-0.15, -0.1) is 0 Å². The molecule has 0 unspecified atom stereocenters. The van der Waals surface area contributed by atoms with Crippen LogP contribution in [0.1, 0.15) is 37.5 Å². The Morgan fingerprint density at radius 2 is 1.15 bits per heavy atom. The molecule has 0 saturated carbocycles. The van der Waals surface area contributed by atoms with Crippen LogP contribution < -0.4 is 0 Å². The predicted octanol–water partition coefficient (Wildman–Crippen LogP) is 13.4. The minimum Gasteiger partial charge on any atom is -0.273 e. The summed E-state index contributed by atoms with van der Waals surface area (Å²) in [4.78, 5) is 14.3. The number of hydrogen-bond acceptors (Lipinski definition) is 3. The second-order valence-corrected chi connectivity index (χ2v) is 14.6. The van der Waals surface area contributed by atoms with Crippen LogP contribution in [0, 0.1) is 0 Å². The van der Waals surface area contributed by atoms with Gasteiger partial charge in [0, 0.05) is 28.3 Å². The van der Waals surface area contributed by atoms with E-state index in [0.29, 0.717) is 5.82 Å². The Bertz CT molecular complexity index is 2810. The lowest BCUT2D eigenvalue weighted by Crippen LogP contribution is -2.14. The summed E-state index contributed by atoms with van der Waals surface area (Å²) < 4.78 is 0. The fourth-order valence-corrected chi connectivity index (χ4v) is 8.07. The third-order valence-corrected chi connectivity index (χ3v) is 11.0. The van der Waals surface area contributed by atoms with Gasteiger partial charge in [0.25, 0.3) is 0 Å². The van der Waals surface area contributed by atoms with Gasteiger partial charge in [0.15, 0.2) is 5.82 Å². The van der Waals surface area contributed by atoms with Crippen LogP contribution in [0.2, 0.25) is 0 Å². The number of allylic oxidation sites excluding steroid dienone is 3. The van der Waals surface area contributed by atoms with E-state index in [0.717, 1.165) is 44.6 Å². The van der Waals surface area contributed by atoms with Crippen molar-refractivity contribution in [3.05, 3.63) is 187 Å². The molecule has 7 aromatic carbocycles. The third kappa shape index (κ3) is 5.75. The highest BCUT2D eigenvalue weighted by molar-refractivity contribution is 6.05. The SMILES string of the molecule is C=N/C=C\C=C(/C)c1ccc(-c2cc(-c3ccccc3)nc(-c3ccc(-c4ccc5c(c4)-c4cc6ccccc6cc4C5(C)C)c4ccccc34)n2)cc1. The van der Waals surface area contributed by atoms with Gasteiger partial charge in [-0.05, 0) is 116 Å². The van der Waals surface area contributed by atoms with E-state index in [9.17, 15) is 0 Å². The van der Waals surface area contributed by atoms with Gasteiger partial charge in [0.1, 0.15) is 0 Å². The quantitative estimate of drug-likeness (QED) is 0.123. The Morgan fingerprint density at radius 1 is 0.556 bits per heavy atom. The summed E-state index contributed by atoms with van der Waals surface area (Å²) in [7, 11) is 0. The number of aliphatic imine (C=N–C) groups is 1. The standard InChI is InChI=1S/C51H39N3/c1-33(13-12-28-52-4)34-20-22-36(23-21-34)49-32-48(35-14-6-5-7-15-35)53-50(54-49)43-26-25-40(41-18-10-11-19-42(41)43)39-24-27-46-44(30-39)45-29-37-16-8-9-17-38(37)31-47(45)51(46,2)3/h5-32H,4H2,1-3H3/b28-12-,33-13+. The van der Waals surface area contributed by atoms with Gasteiger partial charge >= 0.3 is 0 Å². The lowest BCUT2D eigenvalue weighted by atomic mass is 9.81. The first-order valence-electron chi connectivity index (χ1n) is 18.4. The number of nitrogens with zero attached hydrogens (tertiary/aromatic N) is 3. The Balaban J connectivity index is 1.17. The minimum absolute atomic E-state index is 0.0751. The predicted molar refractivity (Wildman–Crippen MR) is 229 cm³/mol. The smallest absolute Gasteiger partial charge is 0.161 e. The van der Waals surface area contributed by atoms with Crippen LogP contribution in [0.5, 0.6) is 0 Å². The van der Waals surface area contributed by atoms with Crippen molar-refractivity contribution in [2.24, 2.45) is 4.99 Å². The zero-order valence-corrected chi connectivity index (χ0v) is 30.7. The highest BCUT2D eigenvalue weighted by Crippen LogP contribution is 2.51. The molecule has 0 bridgehead atoms. The largest absolute Gasteiger partial charge is 0.273 e. The monoisotopic (exact) mass is 693 g/mol. The van der Waals surface area contributed by atoms with Gasteiger partial charge in [-0.25, -0.2) is 9.97 Å². The lowest BCUT2D eigenvalue weighted by Gasteiger charge is -2.22. The van der Waals surface area contributed by atoms with Gasteiger partial charge < -0.3 is 0 Å². The molecular formula is C51H39N3. The van der Waals surface area contributed by atoms with Crippen molar-refractivity contribution in [3.8, 4) is 56.2 Å². The van der Waals surface area contributed by atoms with Gasteiger partial charge in [-0.1, -0.05) is 141 Å². The van der Waals surface area contributed by atoms with Gasteiger partial charge in [-0.2, -0.15) is 0 Å². The van der Waals surface area contributed by atoms with E-state index >= 15 is 0 Å². The molecule has 1 aliphatic carbocycles. The maximum Gasteiger partial charge on any atom is 0.161 e. The molecule has 258 valence electrons. The van der Waals surface area contributed by atoms with Crippen LogP contribution in [-0.4, -0.2) is 16.7 Å². The first kappa shape index (κ1) is 33.1. The Kier molecular flexibility index (Phi) is 8.20. The molecule has 8 aromatic rings. The molecule has 0 aliphatic heterocycles. The van der Waals surface area contributed by atoms with Crippen molar-refractivity contribution in [1.82, 2.24) is 9.97 Å². The van der Waals surface area contributed by atoms with E-state index < -0.39 is 0 Å². The molecular weight excluding hydrogens is 655 g/mol. The number of aromatic nitrogens is 2. The second-order valence-electron chi connectivity index (χ2n) is 14.6. The van der Waals surface area contributed by atoms with Crippen LogP contribution in [0.25, 0.3) is 83.3 Å². The molecule has 0 atom stereocenters. The molecule has 0 N–H and O–H groups in total. The molecule has 3 nitrogen and oxygen atoms in total. The maximum absolute atomic E-state index is 5.24. The fourth-order valence-electron chi connectivity index (χ4n) is 8.07. The van der Waals surface area contributed by atoms with E-state index in [-0.39, 0.29) is 5.41 Å². The number of fused-ring (bicyclic) bond motifs is 5. The van der Waals surface area contributed by atoms with Gasteiger partial charge in [0.05, 0.1) is 11.4 Å². The van der Waals surface area contributed by atoms with E-state index in [4.69, 9.17) is 9.97 Å². The van der Waals surface area contributed by atoms with Gasteiger partial charge in [-0.3, -0.25) is 4.99 Å². The molecule has 0 saturated heterocycles. The summed E-state index contributed by atoms with van der Waals surface area (Å²) in [6.45, 7) is 10.3. The van der Waals surface area contributed by atoms with Crippen molar-refractivity contribution < 1.29 is 0 Å². The molecule has 54 heavy (non-hydrogen) atoms. The van der Waals surface area contributed by atoms with Crippen LogP contribution >= 0.6 is 0 Å². The van der Waals surface area contributed by atoms with Crippen LogP contribution in [-0.2, 0) is 5.41 Å². The molecule has 3 heteroatoms. The summed E-state index contributed by atoms with van der Waals surface area (Å²) in [6, 6.07) is 54.6. The minimum atomic E-state index is -0.0751. The number of hydrogen-bond donors (Lipinski definition) is 0. The molecule has 1 heterocycles. The third-order valence-electron chi connectivity index (χ3n) is 11.0. The summed E-state index contributed by atoms with van der Waals surface area (Å²) >= 11 is 0. The van der Waals surface area contributed by atoms with Crippen molar-refractivity contribution in [2.75, 3.05) is 0 Å². The Morgan fingerprint density at radius 3 is 1.87 bits per heavy atom. The molecule has 1 aromatic heterocycles. The van der Waals surface area contributed by atoms with Crippen LogP contribution in [0.15, 0.2) is 175 Å². The second kappa shape index (κ2) is 13.4. The van der Waals surface area contributed by atoms with Crippen molar-refractivity contribution >= 4 is 33.8 Å². The van der Waals surface area contributed by atoms with Crippen molar-refractivity contribution in [2.45, 2.75) is 26.2 Å². The first-order valence-corrected chi connectivity index (χ1v) is 18.4. The highest BCUT2D eigenvalue weighted by atomic mass is 14.9. The zero-order valence-electron chi connectivity index (χ0n) is 30.7. The summed E-state index contributed by atoms with van der Waals surface area (Å²) in [5.41, 5.74) is 14.9. The molecule has 0 spiro atoms. The Hall–Kier alpha value is -6.71. The zero-order chi connectivity index (χ0) is 36.8.